The fourth-order valence-electron chi connectivity index (χ4n) is 5.00. The lowest BCUT2D eigenvalue weighted by molar-refractivity contribution is -0.137. The Morgan fingerprint density at radius 3 is 2.48 bits per heavy atom. The standard InChI is InChI=1S/C24H34F3N3O3/c1-5-30(18-6-8-33-9-7-18)21-12-17(24(25,26)27)11-19(16(21)4)22(31)28-13-20-14(2)10-15(3)29-23(20)32/h11-12,14-15,18,20H,5-10,13H2,1-4H3,(H,28,31)(H,29,32). The third-order valence-electron chi connectivity index (χ3n) is 6.85. The minimum atomic E-state index is -4.58. The summed E-state index contributed by atoms with van der Waals surface area (Å²) in [6, 6.07) is 2.18. The highest BCUT2D eigenvalue weighted by Crippen LogP contribution is 2.37. The van der Waals surface area contributed by atoms with Gasteiger partial charge < -0.3 is 20.3 Å². The van der Waals surface area contributed by atoms with Crippen LogP contribution in [0.25, 0.3) is 0 Å². The molecule has 1 aromatic carbocycles. The maximum Gasteiger partial charge on any atom is 0.416 e. The van der Waals surface area contributed by atoms with Gasteiger partial charge in [0.05, 0.1) is 11.5 Å². The van der Waals surface area contributed by atoms with Crippen LogP contribution in [0, 0.1) is 18.8 Å². The van der Waals surface area contributed by atoms with Gasteiger partial charge in [-0.15, -0.1) is 0 Å². The van der Waals surface area contributed by atoms with Crippen molar-refractivity contribution in [2.24, 2.45) is 11.8 Å². The Morgan fingerprint density at radius 2 is 1.91 bits per heavy atom. The van der Waals surface area contributed by atoms with E-state index >= 15 is 0 Å². The highest BCUT2D eigenvalue weighted by molar-refractivity contribution is 5.97. The van der Waals surface area contributed by atoms with Gasteiger partial charge in [0.1, 0.15) is 0 Å². The van der Waals surface area contributed by atoms with Gasteiger partial charge in [-0.1, -0.05) is 6.92 Å². The van der Waals surface area contributed by atoms with Gasteiger partial charge in [-0.25, -0.2) is 0 Å². The predicted molar refractivity (Wildman–Crippen MR) is 120 cm³/mol. The third-order valence-corrected chi connectivity index (χ3v) is 6.85. The fraction of sp³-hybridized carbons (Fsp3) is 0.667. The highest BCUT2D eigenvalue weighted by atomic mass is 19.4. The number of piperidine rings is 1. The molecule has 0 saturated carbocycles. The molecule has 2 N–H and O–H groups in total. The summed E-state index contributed by atoms with van der Waals surface area (Å²) in [6.07, 6.45) is -2.35. The lowest BCUT2D eigenvalue weighted by Gasteiger charge is -2.37. The van der Waals surface area contributed by atoms with E-state index in [0.29, 0.717) is 31.0 Å². The molecular formula is C24H34F3N3O3. The molecule has 2 heterocycles. The first-order chi connectivity index (χ1) is 15.5. The number of carbonyl (C=O) groups is 2. The van der Waals surface area contributed by atoms with Crippen molar-refractivity contribution in [3.63, 3.8) is 0 Å². The van der Waals surface area contributed by atoms with E-state index in [1.54, 1.807) is 6.92 Å². The number of amides is 2. The summed E-state index contributed by atoms with van der Waals surface area (Å²) in [7, 11) is 0. The Morgan fingerprint density at radius 1 is 1.24 bits per heavy atom. The molecule has 6 nitrogen and oxygen atoms in total. The molecule has 9 heteroatoms. The van der Waals surface area contributed by atoms with Gasteiger partial charge in [0.15, 0.2) is 0 Å². The van der Waals surface area contributed by atoms with E-state index in [0.717, 1.165) is 31.4 Å². The molecule has 2 aliphatic rings. The van der Waals surface area contributed by atoms with Crippen LogP contribution in [0.5, 0.6) is 0 Å². The number of alkyl halides is 3. The molecular weight excluding hydrogens is 435 g/mol. The van der Waals surface area contributed by atoms with E-state index < -0.39 is 23.6 Å². The second-order valence-electron chi connectivity index (χ2n) is 9.23. The summed E-state index contributed by atoms with van der Waals surface area (Å²) in [4.78, 5) is 27.3. The molecule has 0 spiro atoms. The maximum atomic E-state index is 13.7. The van der Waals surface area contributed by atoms with Gasteiger partial charge in [0, 0.05) is 49.6 Å². The second kappa shape index (κ2) is 10.3. The van der Waals surface area contributed by atoms with Crippen LogP contribution in [0.1, 0.15) is 61.5 Å². The maximum absolute atomic E-state index is 13.7. The first-order valence-corrected chi connectivity index (χ1v) is 11.7. The summed E-state index contributed by atoms with van der Waals surface area (Å²) >= 11 is 0. The molecule has 0 aliphatic carbocycles. The number of ether oxygens (including phenoxy) is 1. The van der Waals surface area contributed by atoms with E-state index in [2.05, 4.69) is 10.6 Å². The Kier molecular flexibility index (Phi) is 7.92. The number of benzene rings is 1. The number of halogens is 3. The van der Waals surface area contributed by atoms with Crippen LogP contribution in [0.3, 0.4) is 0 Å². The molecule has 1 aromatic rings. The minimum Gasteiger partial charge on any atom is -0.381 e. The molecule has 0 radical (unpaired) electrons. The molecule has 2 fully saturated rings. The van der Waals surface area contributed by atoms with Crippen molar-refractivity contribution in [3.8, 4) is 0 Å². The molecule has 3 rings (SSSR count). The van der Waals surface area contributed by atoms with Crippen LogP contribution in [0.4, 0.5) is 18.9 Å². The summed E-state index contributed by atoms with van der Waals surface area (Å²) in [5.41, 5.74) is 0.0597. The lowest BCUT2D eigenvalue weighted by atomic mass is 9.84. The Balaban J connectivity index is 1.89. The monoisotopic (exact) mass is 469 g/mol. The SMILES string of the molecule is CCN(c1cc(C(F)(F)F)cc(C(=O)NCC2C(=O)NC(C)CC2C)c1C)C1CCOCC1. The van der Waals surface area contributed by atoms with Gasteiger partial charge in [0.2, 0.25) is 5.91 Å². The summed E-state index contributed by atoms with van der Waals surface area (Å²) < 4.78 is 46.6. The van der Waals surface area contributed by atoms with Crippen molar-refractivity contribution in [2.75, 3.05) is 31.2 Å². The van der Waals surface area contributed by atoms with E-state index in [1.165, 1.54) is 0 Å². The summed E-state index contributed by atoms with van der Waals surface area (Å²) in [5, 5.41) is 5.60. The van der Waals surface area contributed by atoms with Crippen molar-refractivity contribution < 1.29 is 27.5 Å². The van der Waals surface area contributed by atoms with Crippen LogP contribution < -0.4 is 15.5 Å². The zero-order chi connectivity index (χ0) is 24.3. The molecule has 3 atom stereocenters. The topological polar surface area (TPSA) is 70.7 Å². The van der Waals surface area contributed by atoms with Gasteiger partial charge >= 0.3 is 6.18 Å². The van der Waals surface area contributed by atoms with E-state index in [1.807, 2.05) is 25.7 Å². The van der Waals surface area contributed by atoms with Crippen LogP contribution in [-0.2, 0) is 15.7 Å². The minimum absolute atomic E-state index is 0.0115. The van der Waals surface area contributed by atoms with Crippen molar-refractivity contribution >= 4 is 17.5 Å². The molecule has 2 amide bonds. The van der Waals surface area contributed by atoms with E-state index in [4.69, 9.17) is 4.74 Å². The molecule has 0 bridgehead atoms. The molecule has 0 aromatic heterocycles. The summed E-state index contributed by atoms with van der Waals surface area (Å²) in [6.45, 7) is 9.19. The zero-order valence-corrected chi connectivity index (χ0v) is 19.7. The number of nitrogens with one attached hydrogen (secondary N) is 2. The average molecular weight is 470 g/mol. The van der Waals surface area contributed by atoms with Crippen molar-refractivity contribution in [2.45, 2.75) is 65.2 Å². The number of anilines is 1. The van der Waals surface area contributed by atoms with Gasteiger partial charge in [-0.2, -0.15) is 13.2 Å². The number of rotatable bonds is 6. The molecule has 3 unspecified atom stereocenters. The predicted octanol–water partition coefficient (Wildman–Crippen LogP) is 3.91. The Hall–Kier alpha value is -2.29. The highest BCUT2D eigenvalue weighted by Gasteiger charge is 2.35. The normalized spacial score (nSPS) is 24.3. The van der Waals surface area contributed by atoms with Crippen molar-refractivity contribution in [1.82, 2.24) is 10.6 Å². The van der Waals surface area contributed by atoms with Crippen molar-refractivity contribution in [1.29, 1.82) is 0 Å². The van der Waals surface area contributed by atoms with E-state index in [-0.39, 0.29) is 36.0 Å². The third kappa shape index (κ3) is 5.80. The van der Waals surface area contributed by atoms with Gasteiger partial charge in [-0.3, -0.25) is 9.59 Å². The second-order valence-corrected chi connectivity index (χ2v) is 9.23. The largest absolute Gasteiger partial charge is 0.416 e. The van der Waals surface area contributed by atoms with Crippen LogP contribution in [0.15, 0.2) is 12.1 Å². The number of hydrogen-bond donors (Lipinski definition) is 2. The number of carbonyl (C=O) groups excluding carboxylic acids is 2. The summed E-state index contributed by atoms with van der Waals surface area (Å²) in [5.74, 6) is -1.08. The molecule has 2 aliphatic heterocycles. The lowest BCUT2D eigenvalue weighted by Crippen LogP contribution is -2.50. The van der Waals surface area contributed by atoms with Gasteiger partial charge in [0.25, 0.3) is 5.91 Å². The number of nitrogens with zero attached hydrogens (tertiary/aromatic N) is 1. The molecule has 2 saturated heterocycles. The Labute approximate surface area is 193 Å². The van der Waals surface area contributed by atoms with Gasteiger partial charge in [-0.05, 0) is 63.6 Å². The van der Waals surface area contributed by atoms with Crippen molar-refractivity contribution in [3.05, 3.63) is 28.8 Å². The zero-order valence-electron chi connectivity index (χ0n) is 19.7. The van der Waals surface area contributed by atoms with Crippen LogP contribution >= 0.6 is 0 Å². The fourth-order valence-corrected chi connectivity index (χ4v) is 5.00. The van der Waals surface area contributed by atoms with Crippen LogP contribution in [-0.4, -0.2) is 50.2 Å². The molecule has 33 heavy (non-hydrogen) atoms. The first kappa shape index (κ1) is 25.3. The van der Waals surface area contributed by atoms with E-state index in [9.17, 15) is 22.8 Å². The molecule has 184 valence electrons. The smallest absolute Gasteiger partial charge is 0.381 e. The first-order valence-electron chi connectivity index (χ1n) is 11.7. The Bertz CT molecular complexity index is 868. The quantitative estimate of drug-likeness (QED) is 0.663. The average Bonchev–Trinajstić information content (AvgIpc) is 2.74. The van der Waals surface area contributed by atoms with Crippen LogP contribution in [0.2, 0.25) is 0 Å². The number of hydrogen-bond acceptors (Lipinski definition) is 4.